The number of guanidine groups is 1. The Morgan fingerprint density at radius 3 is 2.46 bits per heavy atom. The van der Waals surface area contributed by atoms with E-state index in [1.54, 1.807) is 0 Å². The van der Waals surface area contributed by atoms with E-state index in [4.69, 9.17) is 0 Å². The van der Waals surface area contributed by atoms with Gasteiger partial charge in [0.05, 0.1) is 0 Å². The molecule has 0 aromatic heterocycles. The van der Waals surface area contributed by atoms with E-state index in [0.29, 0.717) is 6.04 Å². The maximum absolute atomic E-state index is 4.37. The molecule has 1 aromatic rings. The predicted octanol–water partition coefficient (Wildman–Crippen LogP) is 3.61. The van der Waals surface area contributed by atoms with Gasteiger partial charge in [0.2, 0.25) is 0 Å². The van der Waals surface area contributed by atoms with Crippen molar-refractivity contribution in [2.24, 2.45) is 10.9 Å². The molecule has 1 aromatic carbocycles. The summed E-state index contributed by atoms with van der Waals surface area (Å²) in [4.78, 5) is 6.56. The lowest BCUT2D eigenvalue weighted by atomic mass is 9.87. The zero-order valence-corrected chi connectivity index (χ0v) is 17.8. The molecule has 1 saturated carbocycles. The van der Waals surface area contributed by atoms with E-state index >= 15 is 0 Å². The monoisotopic (exact) mass is 444 g/mol. The van der Waals surface area contributed by atoms with Gasteiger partial charge in [0.25, 0.3) is 0 Å². The highest BCUT2D eigenvalue weighted by atomic mass is 127. The second kappa shape index (κ2) is 10.9. The van der Waals surface area contributed by atoms with Crippen LogP contribution in [0.4, 0.5) is 0 Å². The van der Waals surface area contributed by atoms with Crippen molar-refractivity contribution in [3.05, 3.63) is 35.4 Å². The Kier molecular flexibility index (Phi) is 9.66. The minimum absolute atomic E-state index is 0. The summed E-state index contributed by atoms with van der Waals surface area (Å²) in [6.45, 7) is 4.13. The zero-order valence-electron chi connectivity index (χ0n) is 15.5. The smallest absolute Gasteiger partial charge is 0.191 e. The van der Waals surface area contributed by atoms with Crippen molar-refractivity contribution < 1.29 is 0 Å². The van der Waals surface area contributed by atoms with Crippen molar-refractivity contribution in [3.8, 4) is 0 Å². The van der Waals surface area contributed by atoms with Gasteiger partial charge in [0.1, 0.15) is 0 Å². The molecule has 0 heterocycles. The Bertz CT molecular complexity index is 508. The van der Waals surface area contributed by atoms with Crippen LogP contribution in [0, 0.1) is 5.92 Å². The molecule has 0 atom stereocenters. The molecule has 0 saturated heterocycles. The van der Waals surface area contributed by atoms with Gasteiger partial charge in [-0.2, -0.15) is 0 Å². The van der Waals surface area contributed by atoms with Gasteiger partial charge in [-0.15, -0.1) is 24.0 Å². The molecule has 5 heteroatoms. The van der Waals surface area contributed by atoms with Gasteiger partial charge in [-0.3, -0.25) is 4.99 Å². The summed E-state index contributed by atoms with van der Waals surface area (Å²) in [6.07, 6.45) is 5.14. The second-order valence-corrected chi connectivity index (χ2v) is 7.08. The van der Waals surface area contributed by atoms with Crippen molar-refractivity contribution in [1.29, 1.82) is 0 Å². The summed E-state index contributed by atoms with van der Waals surface area (Å²) in [5.74, 6) is 1.80. The van der Waals surface area contributed by atoms with Gasteiger partial charge in [-0.1, -0.05) is 31.2 Å². The van der Waals surface area contributed by atoms with Crippen LogP contribution in [0.25, 0.3) is 0 Å². The summed E-state index contributed by atoms with van der Waals surface area (Å²) in [6, 6.07) is 9.32. The minimum Gasteiger partial charge on any atom is -0.354 e. The van der Waals surface area contributed by atoms with Gasteiger partial charge in [0, 0.05) is 26.2 Å². The molecule has 0 unspecified atom stereocenters. The lowest BCUT2D eigenvalue weighted by molar-refractivity contribution is 0.329. The van der Waals surface area contributed by atoms with Gasteiger partial charge in [-0.05, 0) is 56.8 Å². The van der Waals surface area contributed by atoms with E-state index in [1.165, 1.54) is 36.8 Å². The number of benzene rings is 1. The summed E-state index contributed by atoms with van der Waals surface area (Å²) < 4.78 is 0. The fourth-order valence-corrected chi connectivity index (χ4v) is 3.18. The third-order valence-corrected chi connectivity index (χ3v) is 4.53. The van der Waals surface area contributed by atoms with E-state index < -0.39 is 0 Å². The molecule has 2 rings (SSSR count). The van der Waals surface area contributed by atoms with Crippen molar-refractivity contribution in [3.63, 3.8) is 0 Å². The standard InChI is InChI=1S/C19H32N4.HI/c1-15-8-10-18(11-9-15)22-19(20-2)21-13-16-6-5-7-17(12-16)14-23(3)4;/h5-7,12,15,18H,8-11,13-14H2,1-4H3,(H2,20,21,22);1H. The van der Waals surface area contributed by atoms with Gasteiger partial charge in [-0.25, -0.2) is 0 Å². The summed E-state index contributed by atoms with van der Waals surface area (Å²) in [7, 11) is 6.05. The average Bonchev–Trinajstić information content (AvgIpc) is 2.53. The zero-order chi connectivity index (χ0) is 16.7. The molecule has 1 fully saturated rings. The number of aliphatic imine (C=N–C) groups is 1. The van der Waals surface area contributed by atoms with Crippen LogP contribution in [0.2, 0.25) is 0 Å². The molecule has 0 bridgehead atoms. The van der Waals surface area contributed by atoms with E-state index in [2.05, 4.69) is 65.8 Å². The average molecular weight is 444 g/mol. The van der Waals surface area contributed by atoms with Crippen LogP contribution >= 0.6 is 24.0 Å². The van der Waals surface area contributed by atoms with Gasteiger partial charge >= 0.3 is 0 Å². The first-order valence-corrected chi connectivity index (χ1v) is 8.76. The maximum Gasteiger partial charge on any atom is 0.191 e. The van der Waals surface area contributed by atoms with E-state index in [9.17, 15) is 0 Å². The van der Waals surface area contributed by atoms with Crippen molar-refractivity contribution in [1.82, 2.24) is 15.5 Å². The summed E-state index contributed by atoms with van der Waals surface area (Å²) >= 11 is 0. The van der Waals surface area contributed by atoms with E-state index in [-0.39, 0.29) is 24.0 Å². The normalized spacial score (nSPS) is 21.3. The fraction of sp³-hybridized carbons (Fsp3) is 0.632. The number of hydrogen-bond donors (Lipinski definition) is 2. The highest BCUT2D eigenvalue weighted by Crippen LogP contribution is 2.23. The Morgan fingerprint density at radius 2 is 1.83 bits per heavy atom. The Labute approximate surface area is 164 Å². The third-order valence-electron chi connectivity index (χ3n) is 4.53. The second-order valence-electron chi connectivity index (χ2n) is 7.08. The van der Waals surface area contributed by atoms with Crippen LogP contribution in [0.5, 0.6) is 0 Å². The molecular formula is C19H33IN4. The molecule has 0 amide bonds. The molecule has 136 valence electrons. The molecule has 24 heavy (non-hydrogen) atoms. The molecule has 1 aliphatic rings. The highest BCUT2D eigenvalue weighted by molar-refractivity contribution is 14.0. The number of nitrogens with one attached hydrogen (secondary N) is 2. The van der Waals surface area contributed by atoms with Crippen LogP contribution in [-0.4, -0.2) is 38.0 Å². The lowest BCUT2D eigenvalue weighted by Gasteiger charge is -2.28. The summed E-state index contributed by atoms with van der Waals surface area (Å²) in [5, 5.41) is 7.02. The minimum atomic E-state index is 0. The van der Waals surface area contributed by atoms with E-state index in [1.807, 2.05) is 7.05 Å². The van der Waals surface area contributed by atoms with Crippen molar-refractivity contribution in [2.75, 3.05) is 21.1 Å². The topological polar surface area (TPSA) is 39.7 Å². The van der Waals surface area contributed by atoms with Crippen molar-refractivity contribution in [2.45, 2.75) is 51.7 Å². The van der Waals surface area contributed by atoms with Crippen LogP contribution in [0.15, 0.2) is 29.3 Å². The number of rotatable bonds is 5. The fourth-order valence-electron chi connectivity index (χ4n) is 3.18. The van der Waals surface area contributed by atoms with Crippen LogP contribution < -0.4 is 10.6 Å². The Morgan fingerprint density at radius 1 is 1.17 bits per heavy atom. The number of halogens is 1. The van der Waals surface area contributed by atoms with Gasteiger partial charge < -0.3 is 15.5 Å². The summed E-state index contributed by atoms with van der Waals surface area (Å²) in [5.41, 5.74) is 2.64. The van der Waals surface area contributed by atoms with Crippen LogP contribution in [0.3, 0.4) is 0 Å². The third kappa shape index (κ3) is 7.38. The van der Waals surface area contributed by atoms with Gasteiger partial charge in [0.15, 0.2) is 5.96 Å². The number of hydrogen-bond acceptors (Lipinski definition) is 2. The van der Waals surface area contributed by atoms with E-state index in [0.717, 1.165) is 25.0 Å². The largest absolute Gasteiger partial charge is 0.354 e. The Balaban J connectivity index is 0.00000288. The SMILES string of the molecule is CN=C(NCc1cccc(CN(C)C)c1)NC1CCC(C)CC1.I. The molecule has 0 aliphatic heterocycles. The molecule has 2 N–H and O–H groups in total. The predicted molar refractivity (Wildman–Crippen MR) is 114 cm³/mol. The highest BCUT2D eigenvalue weighted by Gasteiger charge is 2.18. The quantitative estimate of drug-likeness (QED) is 0.414. The first kappa shape index (κ1) is 21.2. The van der Waals surface area contributed by atoms with Crippen LogP contribution in [0.1, 0.15) is 43.7 Å². The first-order chi connectivity index (χ1) is 11.1. The molecule has 4 nitrogen and oxygen atoms in total. The molecule has 0 spiro atoms. The molecular weight excluding hydrogens is 411 g/mol. The molecule has 0 radical (unpaired) electrons. The lowest BCUT2D eigenvalue weighted by Crippen LogP contribution is -2.44. The van der Waals surface area contributed by atoms with Crippen LogP contribution in [-0.2, 0) is 13.1 Å². The molecule has 1 aliphatic carbocycles. The van der Waals surface area contributed by atoms with Crippen molar-refractivity contribution >= 4 is 29.9 Å². The first-order valence-electron chi connectivity index (χ1n) is 8.76. The maximum atomic E-state index is 4.37. The number of nitrogens with zero attached hydrogens (tertiary/aromatic N) is 2. The Hall–Kier alpha value is -0.820.